The van der Waals surface area contributed by atoms with Crippen LogP contribution in [-0.2, 0) is 4.79 Å². The second kappa shape index (κ2) is 9.08. The van der Waals surface area contributed by atoms with E-state index in [4.69, 9.17) is 11.6 Å². The van der Waals surface area contributed by atoms with Crippen molar-refractivity contribution < 1.29 is 9.90 Å². The lowest BCUT2D eigenvalue weighted by molar-refractivity contribution is -0.117. The Labute approximate surface area is 175 Å². The van der Waals surface area contributed by atoms with E-state index in [0.29, 0.717) is 18.1 Å². The van der Waals surface area contributed by atoms with Crippen LogP contribution in [0, 0.1) is 11.8 Å². The first-order valence-electron chi connectivity index (χ1n) is 9.38. The summed E-state index contributed by atoms with van der Waals surface area (Å²) in [4.78, 5) is 16.6. The number of pyridine rings is 1. The van der Waals surface area contributed by atoms with Crippen LogP contribution in [0.2, 0.25) is 5.15 Å². The molecule has 1 atom stereocenters. The van der Waals surface area contributed by atoms with Crippen LogP contribution in [0.15, 0.2) is 36.5 Å². The summed E-state index contributed by atoms with van der Waals surface area (Å²) in [6, 6.07) is 9.67. The predicted molar refractivity (Wildman–Crippen MR) is 115 cm³/mol. The van der Waals surface area contributed by atoms with Gasteiger partial charge in [-0.2, -0.15) is 5.10 Å². The zero-order chi connectivity index (χ0) is 21.0. The highest BCUT2D eigenvalue weighted by molar-refractivity contribution is 6.30. The Kier molecular flexibility index (Phi) is 6.53. The molecule has 0 radical (unpaired) electrons. The predicted octanol–water partition coefficient (Wildman–Crippen LogP) is 3.52. The van der Waals surface area contributed by atoms with E-state index in [1.54, 1.807) is 13.2 Å². The molecular formula is C22H23ClN4O2. The van der Waals surface area contributed by atoms with Crippen LogP contribution in [0.25, 0.3) is 22.2 Å². The molecule has 2 aromatic heterocycles. The van der Waals surface area contributed by atoms with E-state index in [1.807, 2.05) is 35.0 Å². The van der Waals surface area contributed by atoms with E-state index in [-0.39, 0.29) is 6.04 Å². The third-order valence-electron chi connectivity index (χ3n) is 4.51. The van der Waals surface area contributed by atoms with E-state index < -0.39 is 6.10 Å². The van der Waals surface area contributed by atoms with Crippen LogP contribution in [0.5, 0.6) is 0 Å². The van der Waals surface area contributed by atoms with Gasteiger partial charge in [0.1, 0.15) is 11.3 Å². The molecule has 29 heavy (non-hydrogen) atoms. The summed E-state index contributed by atoms with van der Waals surface area (Å²) in [5, 5.41) is 15.8. The lowest BCUT2D eigenvalue weighted by Crippen LogP contribution is -2.21. The number of carbonyl (C=O) groups is 1. The first kappa shape index (κ1) is 20.8. The maximum atomic E-state index is 10.6. The summed E-state index contributed by atoms with van der Waals surface area (Å²) >= 11 is 6.28. The van der Waals surface area contributed by atoms with E-state index in [2.05, 4.69) is 35.8 Å². The number of amides is 1. The van der Waals surface area contributed by atoms with Crippen molar-refractivity contribution in [1.29, 1.82) is 0 Å². The highest BCUT2D eigenvalue weighted by Crippen LogP contribution is 2.30. The molecule has 150 valence electrons. The molecule has 0 bridgehead atoms. The molecule has 0 fully saturated rings. The van der Waals surface area contributed by atoms with E-state index in [0.717, 1.165) is 34.1 Å². The van der Waals surface area contributed by atoms with E-state index >= 15 is 0 Å². The first-order valence-corrected chi connectivity index (χ1v) is 9.76. The van der Waals surface area contributed by atoms with Crippen LogP contribution in [0.4, 0.5) is 0 Å². The Morgan fingerprint density at radius 3 is 2.86 bits per heavy atom. The van der Waals surface area contributed by atoms with Gasteiger partial charge in [-0.3, -0.25) is 9.48 Å². The Morgan fingerprint density at radius 1 is 1.34 bits per heavy atom. The summed E-state index contributed by atoms with van der Waals surface area (Å²) in [5.74, 6) is 5.82. The molecule has 6 nitrogen and oxygen atoms in total. The van der Waals surface area contributed by atoms with Crippen LogP contribution in [0.3, 0.4) is 0 Å². The SMILES string of the molecule is CC(C)n1ncc2c(-c3cccc(C#CC(O)CCN(C)C=O)c3)nc(Cl)cc21. The molecule has 0 saturated carbocycles. The van der Waals surface area contributed by atoms with Gasteiger partial charge in [0.25, 0.3) is 0 Å². The van der Waals surface area contributed by atoms with Crippen molar-refractivity contribution in [3.63, 3.8) is 0 Å². The molecule has 1 unspecified atom stereocenters. The van der Waals surface area contributed by atoms with Crippen LogP contribution in [-0.4, -0.2) is 50.9 Å². The molecule has 1 aromatic carbocycles. The van der Waals surface area contributed by atoms with Gasteiger partial charge in [0.15, 0.2) is 0 Å². The topological polar surface area (TPSA) is 71.2 Å². The average Bonchev–Trinajstić information content (AvgIpc) is 3.14. The monoisotopic (exact) mass is 410 g/mol. The molecule has 3 aromatic rings. The number of aliphatic hydroxyl groups excluding tert-OH is 1. The fourth-order valence-corrected chi connectivity index (χ4v) is 3.19. The summed E-state index contributed by atoms with van der Waals surface area (Å²) < 4.78 is 1.92. The summed E-state index contributed by atoms with van der Waals surface area (Å²) in [7, 11) is 1.66. The van der Waals surface area contributed by atoms with Crippen LogP contribution >= 0.6 is 11.6 Å². The zero-order valence-electron chi connectivity index (χ0n) is 16.6. The smallest absolute Gasteiger partial charge is 0.209 e. The van der Waals surface area contributed by atoms with Crippen molar-refractivity contribution in [2.75, 3.05) is 13.6 Å². The van der Waals surface area contributed by atoms with E-state index in [1.165, 1.54) is 4.90 Å². The van der Waals surface area contributed by atoms with Gasteiger partial charge in [-0.1, -0.05) is 35.6 Å². The Hall–Kier alpha value is -2.88. The molecule has 3 rings (SSSR count). The molecular weight excluding hydrogens is 388 g/mol. The van der Waals surface area contributed by atoms with Crippen molar-refractivity contribution in [2.45, 2.75) is 32.4 Å². The maximum Gasteiger partial charge on any atom is 0.209 e. The van der Waals surface area contributed by atoms with Gasteiger partial charge in [-0.05, 0) is 26.0 Å². The third kappa shape index (κ3) is 4.94. The second-order valence-corrected chi connectivity index (χ2v) is 7.54. The van der Waals surface area contributed by atoms with Crippen LogP contribution in [0.1, 0.15) is 31.9 Å². The Bertz CT molecular complexity index is 1080. The average molecular weight is 411 g/mol. The minimum absolute atomic E-state index is 0.204. The van der Waals surface area contributed by atoms with Crippen LogP contribution < -0.4 is 0 Å². The van der Waals surface area contributed by atoms with Crippen molar-refractivity contribution in [3.8, 4) is 23.1 Å². The van der Waals surface area contributed by atoms with Gasteiger partial charge in [0.05, 0.1) is 17.4 Å². The summed E-state index contributed by atoms with van der Waals surface area (Å²) in [6.45, 7) is 4.58. The number of hydrogen-bond acceptors (Lipinski definition) is 4. The number of rotatable bonds is 6. The molecule has 0 spiro atoms. The zero-order valence-corrected chi connectivity index (χ0v) is 17.4. The minimum atomic E-state index is -0.804. The molecule has 1 amide bonds. The standard InChI is InChI=1S/C22H23ClN4O2/c1-15(2)27-20-12-21(23)25-22(19(20)13-24-27)17-6-4-5-16(11-17)7-8-18(29)9-10-26(3)14-28/h4-6,11-15,18,29H,9-10H2,1-3H3. The van der Waals surface area contributed by atoms with Crippen molar-refractivity contribution in [2.24, 2.45) is 0 Å². The molecule has 0 saturated heterocycles. The van der Waals surface area contributed by atoms with Crippen molar-refractivity contribution in [1.82, 2.24) is 19.7 Å². The summed E-state index contributed by atoms with van der Waals surface area (Å²) in [5.41, 5.74) is 3.32. The molecule has 7 heteroatoms. The number of nitrogens with zero attached hydrogens (tertiary/aromatic N) is 4. The second-order valence-electron chi connectivity index (χ2n) is 7.15. The number of aromatic nitrogens is 3. The van der Waals surface area contributed by atoms with Gasteiger partial charge < -0.3 is 10.0 Å². The van der Waals surface area contributed by atoms with Gasteiger partial charge in [-0.15, -0.1) is 0 Å². The molecule has 2 heterocycles. The van der Waals surface area contributed by atoms with Crippen molar-refractivity contribution >= 4 is 28.9 Å². The lowest BCUT2D eigenvalue weighted by atomic mass is 10.0. The maximum absolute atomic E-state index is 10.6. The molecule has 1 N–H and O–H groups in total. The fraction of sp³-hybridized carbons (Fsp3) is 0.318. The molecule has 0 aliphatic carbocycles. The lowest BCUT2D eigenvalue weighted by Gasteiger charge is -2.10. The van der Waals surface area contributed by atoms with Gasteiger partial charge in [-0.25, -0.2) is 4.98 Å². The number of aliphatic hydroxyl groups is 1. The number of fused-ring (bicyclic) bond motifs is 1. The Morgan fingerprint density at radius 2 is 2.14 bits per heavy atom. The van der Waals surface area contributed by atoms with Gasteiger partial charge >= 0.3 is 0 Å². The molecule has 0 aliphatic rings. The Balaban J connectivity index is 1.91. The number of halogens is 1. The normalized spacial score (nSPS) is 11.9. The highest BCUT2D eigenvalue weighted by Gasteiger charge is 2.14. The number of hydrogen-bond donors (Lipinski definition) is 1. The van der Waals surface area contributed by atoms with Gasteiger partial charge in [0, 0.05) is 48.6 Å². The molecule has 0 aliphatic heterocycles. The van der Waals surface area contributed by atoms with Crippen molar-refractivity contribution in [3.05, 3.63) is 47.2 Å². The number of carbonyl (C=O) groups excluding carboxylic acids is 1. The highest BCUT2D eigenvalue weighted by atomic mass is 35.5. The first-order chi connectivity index (χ1) is 13.9. The summed E-state index contributed by atoms with van der Waals surface area (Å²) in [6.07, 6.45) is 2.12. The number of benzene rings is 1. The van der Waals surface area contributed by atoms with E-state index in [9.17, 15) is 9.90 Å². The quantitative estimate of drug-likeness (QED) is 0.383. The fourth-order valence-electron chi connectivity index (χ4n) is 3.00. The van der Waals surface area contributed by atoms with Gasteiger partial charge in [0.2, 0.25) is 6.41 Å². The largest absolute Gasteiger partial charge is 0.380 e. The minimum Gasteiger partial charge on any atom is -0.380 e. The third-order valence-corrected chi connectivity index (χ3v) is 4.70.